The first-order valence-corrected chi connectivity index (χ1v) is 8.47. The van der Waals surface area contributed by atoms with Crippen molar-refractivity contribution in [2.75, 3.05) is 23.8 Å². The Morgan fingerprint density at radius 3 is 3.11 bits per heavy atom. The normalized spacial score (nSPS) is 20.4. The predicted octanol–water partition coefficient (Wildman–Crippen LogP) is 1.72. The summed E-state index contributed by atoms with van der Waals surface area (Å²) >= 11 is 4.09. The average Bonchev–Trinajstić information content (AvgIpc) is 2.48. The van der Waals surface area contributed by atoms with E-state index in [1.54, 1.807) is 0 Å². The van der Waals surface area contributed by atoms with Crippen molar-refractivity contribution in [3.63, 3.8) is 0 Å². The van der Waals surface area contributed by atoms with Crippen LogP contribution in [0.4, 0.5) is 0 Å². The zero-order chi connectivity index (χ0) is 13.5. The van der Waals surface area contributed by atoms with Gasteiger partial charge in [0.25, 0.3) is 0 Å². The fourth-order valence-electron chi connectivity index (χ4n) is 1.93. The van der Waals surface area contributed by atoms with Gasteiger partial charge in [-0.05, 0) is 11.6 Å². The van der Waals surface area contributed by atoms with Crippen LogP contribution in [0.5, 0.6) is 0 Å². The molecule has 1 aliphatic rings. The smallest absolute Gasteiger partial charge is 0.170 e. The van der Waals surface area contributed by atoms with Crippen LogP contribution in [-0.2, 0) is 6.54 Å². The number of hydrogen-bond donors (Lipinski definition) is 3. The highest BCUT2D eigenvalue weighted by Crippen LogP contribution is 2.23. The van der Waals surface area contributed by atoms with Gasteiger partial charge in [-0.2, -0.15) is 23.5 Å². The zero-order valence-electron chi connectivity index (χ0n) is 10.7. The number of nitrogens with one attached hydrogen (secondary N) is 1. The summed E-state index contributed by atoms with van der Waals surface area (Å²) in [5.74, 6) is 3.93. The Labute approximate surface area is 122 Å². The lowest BCUT2D eigenvalue weighted by Gasteiger charge is -2.21. The summed E-state index contributed by atoms with van der Waals surface area (Å²) in [6.45, 7) is 1.85. The maximum atomic E-state index is 8.67. The van der Waals surface area contributed by atoms with Crippen molar-refractivity contribution in [1.82, 2.24) is 5.32 Å². The molecule has 1 heterocycles. The molecule has 1 fully saturated rings. The highest BCUT2D eigenvalue weighted by molar-refractivity contribution is 8.06. The van der Waals surface area contributed by atoms with Crippen LogP contribution in [-0.4, -0.2) is 40.1 Å². The van der Waals surface area contributed by atoms with E-state index in [1.807, 2.05) is 36.0 Å². The second-order valence-electron chi connectivity index (χ2n) is 4.38. The van der Waals surface area contributed by atoms with E-state index in [-0.39, 0.29) is 5.84 Å². The van der Waals surface area contributed by atoms with Crippen LogP contribution < -0.4 is 11.1 Å². The molecule has 1 aromatic carbocycles. The number of hydrogen-bond acceptors (Lipinski definition) is 5. The molecule has 1 aromatic rings. The first-order chi connectivity index (χ1) is 9.29. The molecule has 4 nitrogen and oxygen atoms in total. The molecule has 0 bridgehead atoms. The Kier molecular flexibility index (Phi) is 5.88. The summed E-state index contributed by atoms with van der Waals surface area (Å²) in [7, 11) is 0. The molecular formula is C13H19N3OS2. The highest BCUT2D eigenvalue weighted by Gasteiger charge is 2.13. The molecule has 0 amide bonds. The van der Waals surface area contributed by atoms with Crippen molar-refractivity contribution in [1.29, 1.82) is 0 Å². The minimum Gasteiger partial charge on any atom is -0.409 e. The quantitative estimate of drug-likeness (QED) is 0.334. The molecule has 0 aliphatic carbocycles. The van der Waals surface area contributed by atoms with E-state index in [1.165, 1.54) is 17.3 Å². The number of amidine groups is 1. The molecule has 1 atom stereocenters. The molecule has 1 unspecified atom stereocenters. The second kappa shape index (κ2) is 7.67. The maximum absolute atomic E-state index is 8.67. The number of nitrogens with zero attached hydrogens (tertiary/aromatic N) is 1. The van der Waals surface area contributed by atoms with Gasteiger partial charge in [-0.15, -0.1) is 0 Å². The van der Waals surface area contributed by atoms with Crippen LogP contribution in [0.3, 0.4) is 0 Å². The summed E-state index contributed by atoms with van der Waals surface area (Å²) in [4.78, 5) is 0. The Bertz CT molecular complexity index is 434. The van der Waals surface area contributed by atoms with Gasteiger partial charge in [0.2, 0.25) is 0 Å². The Balaban J connectivity index is 1.82. The van der Waals surface area contributed by atoms with Crippen molar-refractivity contribution >= 4 is 29.4 Å². The third-order valence-corrected chi connectivity index (χ3v) is 5.76. The number of rotatable bonds is 5. The van der Waals surface area contributed by atoms with Crippen molar-refractivity contribution in [3.8, 4) is 0 Å². The molecule has 2 rings (SSSR count). The van der Waals surface area contributed by atoms with Gasteiger partial charge in [0.15, 0.2) is 5.84 Å². The highest BCUT2D eigenvalue weighted by atomic mass is 32.2. The van der Waals surface area contributed by atoms with Crippen molar-refractivity contribution in [2.24, 2.45) is 10.9 Å². The fourth-order valence-corrected chi connectivity index (χ4v) is 4.58. The standard InChI is InChI=1S/C13H19N3OS2/c14-13(16-17)11-3-1-2-10(6-11)7-15-8-12-9-18-4-5-19-12/h1-3,6,12,15,17H,4-5,7-9H2,(H2,14,16). The van der Waals surface area contributed by atoms with Crippen molar-refractivity contribution < 1.29 is 5.21 Å². The lowest BCUT2D eigenvalue weighted by molar-refractivity contribution is 0.318. The van der Waals surface area contributed by atoms with Gasteiger partial charge >= 0.3 is 0 Å². The van der Waals surface area contributed by atoms with Crippen LogP contribution in [0.15, 0.2) is 29.4 Å². The Morgan fingerprint density at radius 1 is 1.47 bits per heavy atom. The molecule has 19 heavy (non-hydrogen) atoms. The lowest BCUT2D eigenvalue weighted by atomic mass is 10.1. The summed E-state index contributed by atoms with van der Waals surface area (Å²) in [5, 5.41) is 15.9. The number of nitrogens with two attached hydrogens (primary N) is 1. The second-order valence-corrected chi connectivity index (χ2v) is 6.94. The van der Waals surface area contributed by atoms with Gasteiger partial charge in [0.1, 0.15) is 0 Å². The van der Waals surface area contributed by atoms with Gasteiger partial charge in [-0.3, -0.25) is 0 Å². The third-order valence-electron chi connectivity index (χ3n) is 2.92. The van der Waals surface area contributed by atoms with Crippen LogP contribution in [0.25, 0.3) is 0 Å². The van der Waals surface area contributed by atoms with Crippen molar-refractivity contribution in [2.45, 2.75) is 11.8 Å². The van der Waals surface area contributed by atoms with E-state index in [0.717, 1.165) is 24.2 Å². The Hall–Kier alpha value is -0.850. The number of thioether (sulfide) groups is 2. The van der Waals surface area contributed by atoms with Crippen LogP contribution >= 0.6 is 23.5 Å². The third kappa shape index (κ3) is 4.63. The molecule has 0 spiro atoms. The molecule has 0 saturated carbocycles. The topological polar surface area (TPSA) is 70.6 Å². The van der Waals surface area contributed by atoms with Crippen LogP contribution in [0, 0.1) is 0 Å². The minimum absolute atomic E-state index is 0.154. The molecule has 1 saturated heterocycles. The first kappa shape index (κ1) is 14.6. The van der Waals surface area contributed by atoms with Gasteiger partial charge in [0.05, 0.1) is 0 Å². The number of benzene rings is 1. The maximum Gasteiger partial charge on any atom is 0.170 e. The van der Waals surface area contributed by atoms with E-state index in [0.29, 0.717) is 5.25 Å². The summed E-state index contributed by atoms with van der Waals surface area (Å²) in [6, 6.07) is 7.76. The molecule has 0 radical (unpaired) electrons. The molecule has 0 aromatic heterocycles. The average molecular weight is 297 g/mol. The largest absolute Gasteiger partial charge is 0.409 e. The molecule has 6 heteroatoms. The van der Waals surface area contributed by atoms with E-state index < -0.39 is 0 Å². The number of oxime groups is 1. The SMILES string of the molecule is N/C(=N/O)c1cccc(CNCC2CSCCS2)c1. The molecule has 104 valence electrons. The predicted molar refractivity (Wildman–Crippen MR) is 84.2 cm³/mol. The van der Waals surface area contributed by atoms with E-state index in [2.05, 4.69) is 22.2 Å². The van der Waals surface area contributed by atoms with Gasteiger partial charge < -0.3 is 16.3 Å². The fraction of sp³-hybridized carbons (Fsp3) is 0.462. The summed E-state index contributed by atoms with van der Waals surface area (Å²) < 4.78 is 0. The summed E-state index contributed by atoms with van der Waals surface area (Å²) in [6.07, 6.45) is 0. The summed E-state index contributed by atoms with van der Waals surface area (Å²) in [5.41, 5.74) is 7.49. The van der Waals surface area contributed by atoms with Gasteiger partial charge in [-0.25, -0.2) is 0 Å². The van der Waals surface area contributed by atoms with Crippen LogP contribution in [0.2, 0.25) is 0 Å². The molecule has 1 aliphatic heterocycles. The van der Waals surface area contributed by atoms with E-state index in [4.69, 9.17) is 10.9 Å². The Morgan fingerprint density at radius 2 is 2.37 bits per heavy atom. The molecule has 4 N–H and O–H groups in total. The van der Waals surface area contributed by atoms with E-state index >= 15 is 0 Å². The first-order valence-electron chi connectivity index (χ1n) is 6.26. The monoisotopic (exact) mass is 297 g/mol. The minimum atomic E-state index is 0.154. The molecular weight excluding hydrogens is 278 g/mol. The van der Waals surface area contributed by atoms with E-state index in [9.17, 15) is 0 Å². The zero-order valence-corrected chi connectivity index (χ0v) is 12.3. The lowest BCUT2D eigenvalue weighted by Crippen LogP contribution is -2.28. The van der Waals surface area contributed by atoms with Gasteiger partial charge in [0, 0.05) is 41.2 Å². The van der Waals surface area contributed by atoms with Gasteiger partial charge in [-0.1, -0.05) is 23.4 Å². The van der Waals surface area contributed by atoms with Crippen LogP contribution in [0.1, 0.15) is 11.1 Å². The van der Waals surface area contributed by atoms with Crippen molar-refractivity contribution in [3.05, 3.63) is 35.4 Å².